The number of nitrogens with zero attached hydrogens (tertiary/aromatic N) is 3. The molecule has 0 saturated carbocycles. The van der Waals surface area contributed by atoms with Gasteiger partial charge < -0.3 is 28.9 Å². The Morgan fingerprint density at radius 1 is 0.800 bits per heavy atom. The van der Waals surface area contributed by atoms with Gasteiger partial charge in [0.15, 0.2) is 0 Å². The molecule has 3 aromatic rings. The molecule has 246 valence electrons. The van der Waals surface area contributed by atoms with Gasteiger partial charge in [-0.15, -0.1) is 0 Å². The van der Waals surface area contributed by atoms with Crippen LogP contribution < -0.4 is 24.0 Å². The van der Waals surface area contributed by atoms with E-state index >= 15 is 0 Å². The Hall–Kier alpha value is -2.55. The summed E-state index contributed by atoms with van der Waals surface area (Å²) in [6.45, 7) is 12.6. The minimum Gasteiger partial charge on any atom is -0.491 e. The summed E-state index contributed by atoms with van der Waals surface area (Å²) in [4.78, 5) is 7.52. The van der Waals surface area contributed by atoms with E-state index in [1.165, 1.54) is 16.9 Å². The van der Waals surface area contributed by atoms with Crippen molar-refractivity contribution < 1.29 is 14.2 Å². The molecule has 0 N–H and O–H groups in total. The zero-order valence-electron chi connectivity index (χ0n) is 27.9. The first kappa shape index (κ1) is 33.8. The molecule has 2 aliphatic rings. The lowest BCUT2D eigenvalue weighted by Gasteiger charge is -2.41. The van der Waals surface area contributed by atoms with Crippen LogP contribution in [0.3, 0.4) is 0 Å². The van der Waals surface area contributed by atoms with E-state index in [0.717, 1.165) is 79.8 Å². The number of hydrogen-bond donors (Lipinski definition) is 1. The number of rotatable bonds is 12. The van der Waals surface area contributed by atoms with Crippen molar-refractivity contribution in [2.24, 2.45) is 5.92 Å². The van der Waals surface area contributed by atoms with Crippen molar-refractivity contribution >= 4 is 38.2 Å². The molecule has 0 radical (unpaired) electrons. The summed E-state index contributed by atoms with van der Waals surface area (Å²) >= 11 is 3.59. The fraction of sp³-hybridized carbons (Fsp3) is 0.514. The SMILES string of the molecule is CC(C)Oc1cccc(N2CC(CC(C)Oc3cccc(Br)c3)CC(c3cc(OC[SH](C)C)cc(N4CCN(C)CC4)c3)C2)c1. The molecule has 6 nitrogen and oxygen atoms in total. The van der Waals surface area contributed by atoms with Gasteiger partial charge in [-0.2, -0.15) is 0 Å². The summed E-state index contributed by atoms with van der Waals surface area (Å²) < 4.78 is 20.0. The third kappa shape index (κ3) is 9.97. The van der Waals surface area contributed by atoms with E-state index in [1.54, 1.807) is 0 Å². The maximum atomic E-state index is 6.43. The highest BCUT2D eigenvalue weighted by molar-refractivity contribution is 9.10. The fourth-order valence-electron chi connectivity index (χ4n) is 6.52. The minimum absolute atomic E-state index is 0.101. The maximum Gasteiger partial charge on any atom is 0.122 e. The Morgan fingerprint density at radius 3 is 2.22 bits per heavy atom. The van der Waals surface area contributed by atoms with Crippen molar-refractivity contribution in [2.45, 2.75) is 51.7 Å². The van der Waals surface area contributed by atoms with Crippen molar-refractivity contribution in [3.8, 4) is 17.2 Å². The molecule has 2 aliphatic heterocycles. The molecule has 45 heavy (non-hydrogen) atoms. The number of likely N-dealkylation sites (N-methyl/N-ethyl adjacent to an activating group) is 1. The van der Waals surface area contributed by atoms with Crippen LogP contribution in [0.5, 0.6) is 17.2 Å². The molecule has 2 heterocycles. The highest BCUT2D eigenvalue weighted by Crippen LogP contribution is 2.39. The third-order valence-corrected chi connectivity index (χ3v) is 9.77. The largest absolute Gasteiger partial charge is 0.491 e. The summed E-state index contributed by atoms with van der Waals surface area (Å²) in [6.07, 6.45) is 6.90. The molecule has 3 aromatic carbocycles. The van der Waals surface area contributed by atoms with Crippen molar-refractivity contribution in [3.63, 3.8) is 0 Å². The van der Waals surface area contributed by atoms with E-state index in [1.807, 2.05) is 18.2 Å². The number of piperazine rings is 1. The van der Waals surface area contributed by atoms with Crippen molar-refractivity contribution in [1.29, 1.82) is 0 Å². The average molecular weight is 699 g/mol. The van der Waals surface area contributed by atoms with Crippen LogP contribution >= 0.6 is 26.8 Å². The number of halogens is 1. The highest BCUT2D eigenvalue weighted by Gasteiger charge is 2.31. The molecule has 3 atom stereocenters. The molecule has 2 fully saturated rings. The summed E-state index contributed by atoms with van der Waals surface area (Å²) in [5.41, 5.74) is 3.89. The number of anilines is 2. The van der Waals surface area contributed by atoms with Gasteiger partial charge in [0.05, 0.1) is 12.2 Å². The first-order chi connectivity index (χ1) is 21.6. The van der Waals surface area contributed by atoms with E-state index in [4.69, 9.17) is 14.2 Å². The molecule has 0 amide bonds. The predicted molar refractivity (Wildman–Crippen MR) is 197 cm³/mol. The molecule has 0 aromatic heterocycles. The van der Waals surface area contributed by atoms with Crippen LogP contribution in [0.15, 0.2) is 71.2 Å². The van der Waals surface area contributed by atoms with Crippen LogP contribution in [0, 0.1) is 5.92 Å². The third-order valence-electron chi connectivity index (χ3n) is 8.63. The lowest BCUT2D eigenvalue weighted by atomic mass is 9.81. The Labute approximate surface area is 282 Å². The summed E-state index contributed by atoms with van der Waals surface area (Å²) in [5.74, 6) is 4.47. The number of ether oxygens (including phenoxy) is 3. The zero-order chi connectivity index (χ0) is 31.9. The van der Waals surface area contributed by atoms with Crippen molar-refractivity contribution in [2.75, 3.05) is 74.6 Å². The molecule has 5 rings (SSSR count). The van der Waals surface area contributed by atoms with E-state index in [2.05, 4.69) is 119 Å². The van der Waals surface area contributed by atoms with Gasteiger partial charge in [0, 0.05) is 73.2 Å². The van der Waals surface area contributed by atoms with Crippen LogP contribution in [0.1, 0.15) is 45.1 Å². The zero-order valence-corrected chi connectivity index (χ0v) is 30.4. The smallest absolute Gasteiger partial charge is 0.122 e. The van der Waals surface area contributed by atoms with Gasteiger partial charge in [-0.3, -0.25) is 0 Å². The lowest BCUT2D eigenvalue weighted by molar-refractivity contribution is 0.174. The normalized spacial score (nSPS) is 20.2. The van der Waals surface area contributed by atoms with Gasteiger partial charge in [0.1, 0.15) is 23.2 Å². The van der Waals surface area contributed by atoms with Crippen molar-refractivity contribution in [3.05, 3.63) is 76.8 Å². The van der Waals surface area contributed by atoms with Gasteiger partial charge in [-0.1, -0.05) is 28.1 Å². The van der Waals surface area contributed by atoms with Crippen LogP contribution in [0.25, 0.3) is 0 Å². The standard InChI is InChI=1S/C37H52BrN3O3S/c1-27(2)43-36-12-8-10-33(22-36)41-24-29(17-28(3)44-35-11-7-9-32(38)21-35)18-31(25-41)30-19-34(40-15-13-39(4)14-16-40)23-37(20-30)42-26-45(5)6/h7-12,19-23,27-29,31,45H,13-18,24-26H2,1-6H3. The van der Waals surface area contributed by atoms with E-state index in [9.17, 15) is 0 Å². The van der Waals surface area contributed by atoms with Crippen LogP contribution in [-0.4, -0.2) is 81.9 Å². The molecule has 0 bridgehead atoms. The summed E-state index contributed by atoms with van der Waals surface area (Å²) in [5, 5.41) is 0. The number of benzene rings is 3. The Kier molecular flexibility index (Phi) is 11.9. The second-order valence-electron chi connectivity index (χ2n) is 13.4. The quantitative estimate of drug-likeness (QED) is 0.193. The Balaban J connectivity index is 1.43. The molecular weight excluding hydrogens is 646 g/mol. The topological polar surface area (TPSA) is 37.4 Å². The van der Waals surface area contributed by atoms with Gasteiger partial charge >= 0.3 is 0 Å². The maximum absolute atomic E-state index is 6.43. The Bertz CT molecular complexity index is 1380. The molecule has 2 saturated heterocycles. The number of hydrogen-bond acceptors (Lipinski definition) is 6. The van der Waals surface area contributed by atoms with Crippen LogP contribution in [0.2, 0.25) is 0 Å². The van der Waals surface area contributed by atoms with Gasteiger partial charge in [-0.05, 0) is 107 Å². The van der Waals surface area contributed by atoms with Crippen LogP contribution in [-0.2, 0) is 0 Å². The summed E-state index contributed by atoms with van der Waals surface area (Å²) in [7, 11) is 2.07. The number of thiol groups is 1. The van der Waals surface area contributed by atoms with E-state index < -0.39 is 0 Å². The second-order valence-corrected chi connectivity index (χ2v) is 16.7. The second kappa shape index (κ2) is 15.8. The minimum atomic E-state index is -0.146. The first-order valence-electron chi connectivity index (χ1n) is 16.4. The monoisotopic (exact) mass is 697 g/mol. The van der Waals surface area contributed by atoms with Gasteiger partial charge in [0.25, 0.3) is 0 Å². The van der Waals surface area contributed by atoms with E-state index in [-0.39, 0.29) is 23.1 Å². The predicted octanol–water partition coefficient (Wildman–Crippen LogP) is 8.05. The highest BCUT2D eigenvalue weighted by atomic mass is 79.9. The van der Waals surface area contributed by atoms with Gasteiger partial charge in [0.2, 0.25) is 0 Å². The molecule has 3 unspecified atom stereocenters. The Morgan fingerprint density at radius 2 is 1.51 bits per heavy atom. The van der Waals surface area contributed by atoms with E-state index in [0.29, 0.717) is 11.8 Å². The van der Waals surface area contributed by atoms with Gasteiger partial charge in [-0.25, -0.2) is 10.9 Å². The molecular formula is C37H52BrN3O3S. The molecule has 0 spiro atoms. The van der Waals surface area contributed by atoms with Crippen molar-refractivity contribution in [1.82, 2.24) is 4.90 Å². The lowest BCUT2D eigenvalue weighted by Crippen LogP contribution is -2.44. The average Bonchev–Trinajstić information content (AvgIpc) is 3.00. The first-order valence-corrected chi connectivity index (χ1v) is 19.6. The number of piperidine rings is 1. The fourth-order valence-corrected chi connectivity index (χ4v) is 7.30. The molecule has 8 heteroatoms. The molecule has 0 aliphatic carbocycles. The van der Waals surface area contributed by atoms with Crippen LogP contribution in [0.4, 0.5) is 11.4 Å². The summed E-state index contributed by atoms with van der Waals surface area (Å²) in [6, 6.07) is 23.8.